The van der Waals surface area contributed by atoms with Crippen LogP contribution in [-0.4, -0.2) is 58.0 Å². The van der Waals surface area contributed by atoms with Crippen LogP contribution in [0.15, 0.2) is 42.7 Å². The van der Waals surface area contributed by atoms with Crippen LogP contribution in [0.5, 0.6) is 0 Å². The monoisotopic (exact) mass is 385 g/mol. The van der Waals surface area contributed by atoms with Crippen LogP contribution < -0.4 is 0 Å². The lowest BCUT2D eigenvalue weighted by Crippen LogP contribution is -2.39. The van der Waals surface area contributed by atoms with Crippen molar-refractivity contribution in [1.82, 2.24) is 14.7 Å². The number of aromatic nitrogens is 2. The van der Waals surface area contributed by atoms with Crippen LogP contribution >= 0.6 is 0 Å². The molecule has 0 atom stereocenters. The summed E-state index contributed by atoms with van der Waals surface area (Å²) in [7, 11) is 0. The molecule has 1 aliphatic rings. The fraction of sp³-hybridized carbons (Fsp3) is 0.476. The van der Waals surface area contributed by atoms with Crippen molar-refractivity contribution in [1.29, 1.82) is 0 Å². The van der Waals surface area contributed by atoms with E-state index in [9.17, 15) is 9.59 Å². The van der Waals surface area contributed by atoms with Gasteiger partial charge in [0, 0.05) is 32.3 Å². The molecule has 7 nitrogen and oxygen atoms in total. The van der Waals surface area contributed by atoms with E-state index in [0.717, 1.165) is 25.7 Å². The third-order valence-electron chi connectivity index (χ3n) is 5.10. The van der Waals surface area contributed by atoms with Gasteiger partial charge in [-0.05, 0) is 31.2 Å². The minimum atomic E-state index is -0.968. The van der Waals surface area contributed by atoms with E-state index in [1.54, 1.807) is 10.9 Å². The van der Waals surface area contributed by atoms with Crippen LogP contribution in [0.2, 0.25) is 0 Å². The second-order valence-corrected chi connectivity index (χ2v) is 7.08. The molecular formula is C21H27N3O4. The highest BCUT2D eigenvalue weighted by Crippen LogP contribution is 2.22. The largest absolute Gasteiger partial charge is 0.478 e. The Labute approximate surface area is 164 Å². The lowest BCUT2D eigenvalue weighted by atomic mass is 10.0. The number of nitrogens with zero attached hydrogens (tertiary/aromatic N) is 3. The van der Waals surface area contributed by atoms with Crippen LogP contribution in [-0.2, 0) is 16.0 Å². The van der Waals surface area contributed by atoms with Crippen molar-refractivity contribution in [3.8, 4) is 0 Å². The number of rotatable bonds is 9. The van der Waals surface area contributed by atoms with Gasteiger partial charge in [0.15, 0.2) is 0 Å². The van der Waals surface area contributed by atoms with Crippen molar-refractivity contribution in [3.05, 3.63) is 53.9 Å². The summed E-state index contributed by atoms with van der Waals surface area (Å²) in [6.07, 6.45) is 6.64. The normalized spacial score (nSPS) is 14.9. The molecule has 0 bridgehead atoms. The van der Waals surface area contributed by atoms with Gasteiger partial charge in [0.2, 0.25) is 5.91 Å². The minimum Gasteiger partial charge on any atom is -0.478 e. The Morgan fingerprint density at radius 2 is 1.89 bits per heavy atom. The number of hydrogen-bond donors (Lipinski definition) is 1. The van der Waals surface area contributed by atoms with Crippen LogP contribution in [0.25, 0.3) is 0 Å². The van der Waals surface area contributed by atoms with Crippen molar-refractivity contribution in [3.63, 3.8) is 0 Å². The molecule has 1 aromatic heterocycles. The molecule has 0 unspecified atom stereocenters. The van der Waals surface area contributed by atoms with Crippen LogP contribution in [0.3, 0.4) is 0 Å². The smallest absolute Gasteiger partial charge is 0.338 e. The van der Waals surface area contributed by atoms with E-state index in [-0.39, 0.29) is 17.5 Å². The molecule has 3 rings (SSSR count). The number of aromatic carboxylic acids is 1. The van der Waals surface area contributed by atoms with Gasteiger partial charge in [-0.1, -0.05) is 30.3 Å². The van der Waals surface area contributed by atoms with E-state index in [1.165, 1.54) is 11.8 Å². The zero-order chi connectivity index (χ0) is 19.8. The number of hydrogen-bond acceptors (Lipinski definition) is 4. The first-order chi connectivity index (χ1) is 13.6. The Bertz CT molecular complexity index is 767. The van der Waals surface area contributed by atoms with Crippen LogP contribution in [0, 0.1) is 0 Å². The van der Waals surface area contributed by atoms with Gasteiger partial charge in [-0.3, -0.25) is 9.48 Å². The third kappa shape index (κ3) is 5.66. The maximum atomic E-state index is 12.4. The molecule has 1 N–H and O–H groups in total. The van der Waals surface area contributed by atoms with Crippen LogP contribution in [0.1, 0.15) is 47.6 Å². The molecule has 2 heterocycles. The summed E-state index contributed by atoms with van der Waals surface area (Å²) in [6, 6.07) is 10.4. The van der Waals surface area contributed by atoms with Gasteiger partial charge in [-0.15, -0.1) is 0 Å². The molecule has 1 aromatic carbocycles. The van der Waals surface area contributed by atoms with Crippen molar-refractivity contribution in [2.24, 2.45) is 0 Å². The maximum absolute atomic E-state index is 12.4. The highest BCUT2D eigenvalue weighted by atomic mass is 16.5. The standard InChI is InChI=1S/C21H27N3O4/c25-20(7-4-13-28-14-10-17-5-2-1-3-6-17)23-11-8-19(9-12-23)24-16-18(15-22-24)21(26)27/h1-3,5-6,15-16,19H,4,7-14H2,(H,26,27). The summed E-state index contributed by atoms with van der Waals surface area (Å²) < 4.78 is 7.36. The number of piperidine rings is 1. The fourth-order valence-electron chi connectivity index (χ4n) is 3.45. The first kappa shape index (κ1) is 20.1. The first-order valence-corrected chi connectivity index (χ1v) is 9.80. The fourth-order valence-corrected chi connectivity index (χ4v) is 3.45. The maximum Gasteiger partial charge on any atom is 0.338 e. The Morgan fingerprint density at radius 1 is 1.14 bits per heavy atom. The topological polar surface area (TPSA) is 84.7 Å². The molecule has 28 heavy (non-hydrogen) atoms. The lowest BCUT2D eigenvalue weighted by molar-refractivity contribution is -0.132. The van der Waals surface area contributed by atoms with Crippen LogP contribution in [0.4, 0.5) is 0 Å². The SMILES string of the molecule is O=C(O)c1cnn(C2CCN(C(=O)CCCOCCc3ccccc3)CC2)c1. The summed E-state index contributed by atoms with van der Waals surface area (Å²) in [5.41, 5.74) is 1.46. The van der Waals surface area contributed by atoms with E-state index >= 15 is 0 Å². The summed E-state index contributed by atoms with van der Waals surface area (Å²) in [5.74, 6) is -0.804. The van der Waals surface area contributed by atoms with E-state index in [0.29, 0.717) is 32.7 Å². The molecule has 1 aliphatic heterocycles. The van der Waals surface area contributed by atoms with Crippen molar-refractivity contribution in [2.75, 3.05) is 26.3 Å². The molecule has 2 aromatic rings. The molecule has 0 aliphatic carbocycles. The Kier molecular flexibility index (Phi) is 7.19. The molecular weight excluding hydrogens is 358 g/mol. The van der Waals surface area contributed by atoms with Gasteiger partial charge >= 0.3 is 5.97 Å². The molecule has 1 fully saturated rings. The van der Waals surface area contributed by atoms with E-state index in [4.69, 9.17) is 9.84 Å². The van der Waals surface area contributed by atoms with Gasteiger partial charge in [0.1, 0.15) is 0 Å². The van der Waals surface area contributed by atoms with Gasteiger partial charge in [-0.2, -0.15) is 5.10 Å². The molecule has 0 radical (unpaired) electrons. The van der Waals surface area contributed by atoms with Gasteiger partial charge in [0.25, 0.3) is 0 Å². The molecule has 0 saturated carbocycles. The quantitative estimate of drug-likeness (QED) is 0.671. The molecule has 150 valence electrons. The van der Waals surface area contributed by atoms with Gasteiger partial charge in [-0.25, -0.2) is 4.79 Å². The molecule has 0 spiro atoms. The Hall–Kier alpha value is -2.67. The zero-order valence-corrected chi connectivity index (χ0v) is 16.0. The van der Waals surface area contributed by atoms with Crippen molar-refractivity contribution < 1.29 is 19.4 Å². The van der Waals surface area contributed by atoms with E-state index < -0.39 is 5.97 Å². The number of carbonyl (C=O) groups is 2. The highest BCUT2D eigenvalue weighted by molar-refractivity contribution is 5.86. The number of likely N-dealkylation sites (tertiary alicyclic amines) is 1. The average Bonchev–Trinajstić information content (AvgIpc) is 3.22. The second-order valence-electron chi connectivity index (χ2n) is 7.08. The highest BCUT2D eigenvalue weighted by Gasteiger charge is 2.24. The van der Waals surface area contributed by atoms with Gasteiger partial charge < -0.3 is 14.7 Å². The minimum absolute atomic E-state index is 0.151. The Morgan fingerprint density at radius 3 is 2.57 bits per heavy atom. The lowest BCUT2D eigenvalue weighted by Gasteiger charge is -2.32. The zero-order valence-electron chi connectivity index (χ0n) is 16.0. The predicted octanol–water partition coefficient (Wildman–Crippen LogP) is 2.78. The average molecular weight is 385 g/mol. The molecule has 1 saturated heterocycles. The van der Waals surface area contributed by atoms with Crippen molar-refractivity contribution in [2.45, 2.75) is 38.1 Å². The Balaban J connectivity index is 1.30. The number of carboxylic acid groups (broad SMARTS) is 1. The predicted molar refractivity (Wildman–Crippen MR) is 104 cm³/mol. The number of carboxylic acids is 1. The summed E-state index contributed by atoms with van der Waals surface area (Å²) >= 11 is 0. The molecule has 1 amide bonds. The summed E-state index contributed by atoms with van der Waals surface area (Å²) in [6.45, 7) is 2.63. The number of benzene rings is 1. The van der Waals surface area contributed by atoms with Gasteiger partial charge in [0.05, 0.1) is 24.4 Å². The summed E-state index contributed by atoms with van der Waals surface area (Å²) in [5, 5.41) is 13.1. The first-order valence-electron chi connectivity index (χ1n) is 9.80. The van der Waals surface area contributed by atoms with Crippen molar-refractivity contribution >= 4 is 11.9 Å². The van der Waals surface area contributed by atoms with E-state index in [2.05, 4.69) is 17.2 Å². The summed E-state index contributed by atoms with van der Waals surface area (Å²) in [4.78, 5) is 25.2. The number of amides is 1. The van der Waals surface area contributed by atoms with E-state index in [1.807, 2.05) is 23.1 Å². The molecule has 7 heteroatoms. The third-order valence-corrected chi connectivity index (χ3v) is 5.10. The number of ether oxygens (including phenoxy) is 1. The second kappa shape index (κ2) is 10.0. The number of carbonyl (C=O) groups excluding carboxylic acids is 1.